The zero-order valence-corrected chi connectivity index (χ0v) is 16.0. The van der Waals surface area contributed by atoms with E-state index in [9.17, 15) is 13.6 Å². The van der Waals surface area contributed by atoms with Gasteiger partial charge >= 0.3 is 0 Å². The summed E-state index contributed by atoms with van der Waals surface area (Å²) >= 11 is 1.22. The molecule has 0 aliphatic heterocycles. The Hall–Kier alpha value is -2.54. The SMILES string of the molecule is CC(C)(C)NC(=O)CSc1nc(-c2ccc(F)cc2)nc2ccc(F)cc12. The summed E-state index contributed by atoms with van der Waals surface area (Å²) in [5.41, 5.74) is 0.865. The van der Waals surface area contributed by atoms with Crippen molar-refractivity contribution in [3.8, 4) is 11.4 Å². The van der Waals surface area contributed by atoms with Crippen LogP contribution in [0.15, 0.2) is 47.5 Å². The largest absolute Gasteiger partial charge is 0.351 e. The van der Waals surface area contributed by atoms with Crippen LogP contribution in [0, 0.1) is 11.6 Å². The van der Waals surface area contributed by atoms with Crippen LogP contribution in [0.2, 0.25) is 0 Å². The average molecular weight is 387 g/mol. The minimum Gasteiger partial charge on any atom is -0.351 e. The van der Waals surface area contributed by atoms with E-state index in [1.807, 2.05) is 20.8 Å². The Kier molecular flexibility index (Phi) is 5.41. The van der Waals surface area contributed by atoms with Crippen LogP contribution < -0.4 is 5.32 Å². The summed E-state index contributed by atoms with van der Waals surface area (Å²) in [7, 11) is 0. The van der Waals surface area contributed by atoms with Crippen LogP contribution in [0.25, 0.3) is 22.3 Å². The molecule has 0 bridgehead atoms. The first-order chi connectivity index (χ1) is 12.7. The van der Waals surface area contributed by atoms with Gasteiger partial charge in [-0.1, -0.05) is 11.8 Å². The van der Waals surface area contributed by atoms with Gasteiger partial charge < -0.3 is 5.32 Å². The number of carbonyl (C=O) groups excluding carboxylic acids is 1. The highest BCUT2D eigenvalue weighted by atomic mass is 32.2. The molecule has 1 N–H and O–H groups in total. The first-order valence-corrected chi connectivity index (χ1v) is 9.37. The molecule has 0 saturated heterocycles. The Labute approximate surface area is 160 Å². The molecule has 0 saturated carbocycles. The Morgan fingerprint density at radius 2 is 1.70 bits per heavy atom. The molecule has 0 radical (unpaired) electrons. The highest BCUT2D eigenvalue weighted by molar-refractivity contribution is 8.00. The molecule has 0 aliphatic carbocycles. The van der Waals surface area contributed by atoms with E-state index in [0.29, 0.717) is 27.3 Å². The topological polar surface area (TPSA) is 54.9 Å². The zero-order valence-electron chi connectivity index (χ0n) is 15.2. The fraction of sp³-hybridized carbons (Fsp3) is 0.250. The minimum absolute atomic E-state index is 0.140. The Morgan fingerprint density at radius 3 is 2.37 bits per heavy atom. The Morgan fingerprint density at radius 1 is 1.04 bits per heavy atom. The third-order valence-corrected chi connectivity index (χ3v) is 4.57. The molecule has 0 fully saturated rings. The maximum atomic E-state index is 13.7. The van der Waals surface area contributed by atoms with Crippen LogP contribution in [0.1, 0.15) is 20.8 Å². The van der Waals surface area contributed by atoms with E-state index in [1.165, 1.54) is 36.0 Å². The van der Waals surface area contributed by atoms with Gasteiger partial charge in [0.05, 0.1) is 11.3 Å². The van der Waals surface area contributed by atoms with Crippen molar-refractivity contribution >= 4 is 28.6 Å². The molecule has 3 rings (SSSR count). The second-order valence-corrected chi connectivity index (χ2v) is 8.07. The molecule has 1 heterocycles. The highest BCUT2D eigenvalue weighted by Gasteiger charge is 2.16. The van der Waals surface area contributed by atoms with E-state index in [1.54, 1.807) is 18.2 Å². The lowest BCUT2D eigenvalue weighted by Gasteiger charge is -2.20. The van der Waals surface area contributed by atoms with Crippen molar-refractivity contribution in [1.29, 1.82) is 0 Å². The van der Waals surface area contributed by atoms with Gasteiger partial charge in [-0.15, -0.1) is 0 Å². The van der Waals surface area contributed by atoms with E-state index in [-0.39, 0.29) is 23.0 Å². The minimum atomic E-state index is -0.401. The number of fused-ring (bicyclic) bond motifs is 1. The molecule has 140 valence electrons. The molecule has 3 aromatic rings. The lowest BCUT2D eigenvalue weighted by molar-refractivity contribution is -0.119. The summed E-state index contributed by atoms with van der Waals surface area (Å²) in [5.74, 6) is -0.355. The van der Waals surface area contributed by atoms with E-state index in [2.05, 4.69) is 15.3 Å². The number of benzene rings is 2. The van der Waals surface area contributed by atoms with Gasteiger partial charge in [0, 0.05) is 16.5 Å². The Balaban J connectivity index is 1.97. The fourth-order valence-corrected chi connectivity index (χ4v) is 3.31. The fourth-order valence-electron chi connectivity index (χ4n) is 2.50. The van der Waals surface area contributed by atoms with E-state index in [0.717, 1.165) is 0 Å². The normalized spacial score (nSPS) is 11.6. The second kappa shape index (κ2) is 7.60. The molecule has 4 nitrogen and oxygen atoms in total. The summed E-state index contributed by atoms with van der Waals surface area (Å²) in [6.45, 7) is 5.70. The number of nitrogens with one attached hydrogen (secondary N) is 1. The van der Waals surface area contributed by atoms with Crippen molar-refractivity contribution in [1.82, 2.24) is 15.3 Å². The van der Waals surface area contributed by atoms with Crippen molar-refractivity contribution < 1.29 is 13.6 Å². The molecule has 0 atom stereocenters. The highest BCUT2D eigenvalue weighted by Crippen LogP contribution is 2.29. The van der Waals surface area contributed by atoms with Crippen molar-refractivity contribution in [2.75, 3.05) is 5.75 Å². The van der Waals surface area contributed by atoms with Gasteiger partial charge in [-0.25, -0.2) is 18.7 Å². The molecule has 0 unspecified atom stereocenters. The Bertz CT molecular complexity index is 985. The monoisotopic (exact) mass is 387 g/mol. The van der Waals surface area contributed by atoms with Crippen molar-refractivity contribution in [2.45, 2.75) is 31.3 Å². The van der Waals surface area contributed by atoms with Gasteiger partial charge in [0.2, 0.25) is 5.91 Å². The maximum absolute atomic E-state index is 13.7. The smallest absolute Gasteiger partial charge is 0.230 e. The molecule has 7 heteroatoms. The predicted octanol–water partition coefficient (Wildman–Crippen LogP) is 4.58. The van der Waals surface area contributed by atoms with Crippen molar-refractivity contribution in [3.63, 3.8) is 0 Å². The number of thioether (sulfide) groups is 1. The first kappa shape index (κ1) is 19.2. The number of aromatic nitrogens is 2. The average Bonchev–Trinajstić information content (AvgIpc) is 2.59. The van der Waals surface area contributed by atoms with Crippen LogP contribution in [-0.4, -0.2) is 27.2 Å². The second-order valence-electron chi connectivity index (χ2n) is 7.11. The molecule has 27 heavy (non-hydrogen) atoms. The van der Waals surface area contributed by atoms with E-state index >= 15 is 0 Å². The maximum Gasteiger partial charge on any atom is 0.230 e. The van der Waals surface area contributed by atoms with Crippen LogP contribution >= 0.6 is 11.8 Å². The number of rotatable bonds is 4. The van der Waals surface area contributed by atoms with Crippen LogP contribution in [0.5, 0.6) is 0 Å². The van der Waals surface area contributed by atoms with Crippen LogP contribution in [0.3, 0.4) is 0 Å². The summed E-state index contributed by atoms with van der Waals surface area (Å²) < 4.78 is 26.9. The third-order valence-electron chi connectivity index (χ3n) is 3.58. The van der Waals surface area contributed by atoms with Crippen molar-refractivity contribution in [2.24, 2.45) is 0 Å². The van der Waals surface area contributed by atoms with Gasteiger partial charge in [0.15, 0.2) is 5.82 Å². The lowest BCUT2D eigenvalue weighted by Crippen LogP contribution is -2.41. The lowest BCUT2D eigenvalue weighted by atomic mass is 10.1. The van der Waals surface area contributed by atoms with Gasteiger partial charge in [0.25, 0.3) is 0 Å². The van der Waals surface area contributed by atoms with Crippen LogP contribution in [-0.2, 0) is 4.79 Å². The standard InChI is InChI=1S/C20H19F2N3OS/c1-20(2,3)25-17(26)11-27-19-15-10-14(22)8-9-16(15)23-18(24-19)12-4-6-13(21)7-5-12/h4-10H,11H2,1-3H3,(H,25,26). The van der Waals surface area contributed by atoms with Gasteiger partial charge in [-0.3, -0.25) is 4.79 Å². The molecule has 1 aromatic heterocycles. The number of nitrogens with zero attached hydrogens (tertiary/aromatic N) is 2. The number of amides is 1. The molecule has 0 aliphatic rings. The molecule has 0 spiro atoms. The number of halogens is 2. The van der Waals surface area contributed by atoms with Gasteiger partial charge in [-0.05, 0) is 63.2 Å². The third kappa shape index (κ3) is 5.01. The van der Waals surface area contributed by atoms with E-state index in [4.69, 9.17) is 0 Å². The molecular weight excluding hydrogens is 368 g/mol. The predicted molar refractivity (Wildman–Crippen MR) is 104 cm³/mol. The van der Waals surface area contributed by atoms with Crippen molar-refractivity contribution in [3.05, 3.63) is 54.1 Å². The summed E-state index contributed by atoms with van der Waals surface area (Å²) in [5, 5.41) is 3.92. The number of carbonyl (C=O) groups is 1. The quantitative estimate of drug-likeness (QED) is 0.526. The first-order valence-electron chi connectivity index (χ1n) is 8.38. The zero-order chi connectivity index (χ0) is 19.6. The van der Waals surface area contributed by atoms with Crippen LogP contribution in [0.4, 0.5) is 8.78 Å². The summed E-state index contributed by atoms with van der Waals surface area (Å²) in [6, 6.07) is 10.1. The number of hydrogen-bond acceptors (Lipinski definition) is 4. The summed E-state index contributed by atoms with van der Waals surface area (Å²) in [6.07, 6.45) is 0. The number of hydrogen-bond donors (Lipinski definition) is 1. The molecular formula is C20H19F2N3OS. The molecule has 2 aromatic carbocycles. The summed E-state index contributed by atoms with van der Waals surface area (Å²) in [4.78, 5) is 21.1. The van der Waals surface area contributed by atoms with Gasteiger partial charge in [0.1, 0.15) is 16.7 Å². The van der Waals surface area contributed by atoms with Gasteiger partial charge in [-0.2, -0.15) is 0 Å². The van der Waals surface area contributed by atoms with E-state index < -0.39 is 5.82 Å². The molecule has 1 amide bonds.